The van der Waals surface area contributed by atoms with Gasteiger partial charge in [-0.3, -0.25) is 0 Å². The monoisotopic (exact) mass is 621 g/mol. The van der Waals surface area contributed by atoms with Crippen LogP contribution in [0.5, 0.6) is 0 Å². The van der Waals surface area contributed by atoms with E-state index in [1.54, 1.807) is 0 Å². The van der Waals surface area contributed by atoms with Crippen LogP contribution in [0.1, 0.15) is 55.2 Å². The normalized spacial score (nSPS) is 23.5. The van der Waals surface area contributed by atoms with Crippen LogP contribution < -0.4 is 0 Å². The SMILES string of the molecule is c1ccc2c(c1)Cc1c(-c3nc(-c4ccc(C56CC7CC(CC(C7)C5)C6)cc4)nc(-c4cccc5c4oc4ccccc45)n3)cccc1-2. The van der Waals surface area contributed by atoms with Gasteiger partial charge in [-0.25, -0.2) is 15.0 Å². The fraction of sp³-hybridized carbons (Fsp3) is 0.250. The molecular weight excluding hydrogens is 587 g/mol. The summed E-state index contributed by atoms with van der Waals surface area (Å²) < 4.78 is 6.48. The van der Waals surface area contributed by atoms with Crippen molar-refractivity contribution in [3.8, 4) is 45.3 Å². The number of hydrogen-bond donors (Lipinski definition) is 0. The number of nitrogens with zero attached hydrogens (tertiary/aromatic N) is 3. The van der Waals surface area contributed by atoms with Crippen LogP contribution in [0.4, 0.5) is 0 Å². The molecule has 5 aliphatic rings. The van der Waals surface area contributed by atoms with Crippen molar-refractivity contribution in [1.29, 1.82) is 0 Å². The van der Waals surface area contributed by atoms with Crippen molar-refractivity contribution in [3.05, 3.63) is 126 Å². The number of benzene rings is 5. The Kier molecular flexibility index (Phi) is 5.59. The molecular formula is C44H35N3O. The first kappa shape index (κ1) is 26.9. The fourth-order valence-electron chi connectivity index (χ4n) is 10.5. The highest BCUT2D eigenvalue weighted by Gasteiger charge is 2.51. The van der Waals surface area contributed by atoms with Crippen molar-refractivity contribution in [2.75, 3.05) is 0 Å². The van der Waals surface area contributed by atoms with Crippen LogP contribution >= 0.6 is 0 Å². The van der Waals surface area contributed by atoms with Crippen LogP contribution in [-0.2, 0) is 11.8 Å². The molecule has 0 radical (unpaired) electrons. The Labute approximate surface area is 279 Å². The molecule has 4 bridgehead atoms. The second-order valence-electron chi connectivity index (χ2n) is 15.0. The lowest BCUT2D eigenvalue weighted by atomic mass is 9.48. The van der Waals surface area contributed by atoms with Gasteiger partial charge in [0, 0.05) is 21.9 Å². The van der Waals surface area contributed by atoms with E-state index in [2.05, 4.69) is 97.1 Å². The van der Waals surface area contributed by atoms with Crippen molar-refractivity contribution in [3.63, 3.8) is 0 Å². The van der Waals surface area contributed by atoms with Crippen molar-refractivity contribution in [1.82, 2.24) is 15.0 Å². The van der Waals surface area contributed by atoms with Gasteiger partial charge in [0.2, 0.25) is 0 Å². The van der Waals surface area contributed by atoms with Crippen LogP contribution in [-0.4, -0.2) is 15.0 Å². The predicted octanol–water partition coefficient (Wildman–Crippen LogP) is 10.8. The van der Waals surface area contributed by atoms with Crippen molar-refractivity contribution in [2.24, 2.45) is 17.8 Å². The molecule has 0 saturated heterocycles. The molecule has 4 fully saturated rings. The maximum atomic E-state index is 6.48. The highest BCUT2D eigenvalue weighted by Crippen LogP contribution is 2.60. The molecule has 0 spiro atoms. The smallest absolute Gasteiger partial charge is 0.167 e. The van der Waals surface area contributed by atoms with Crippen LogP contribution in [0.25, 0.3) is 67.2 Å². The molecule has 48 heavy (non-hydrogen) atoms. The van der Waals surface area contributed by atoms with Gasteiger partial charge in [-0.15, -0.1) is 0 Å². The van der Waals surface area contributed by atoms with E-state index in [0.29, 0.717) is 22.9 Å². The minimum Gasteiger partial charge on any atom is -0.455 e. The zero-order valence-corrected chi connectivity index (χ0v) is 26.8. The van der Waals surface area contributed by atoms with Gasteiger partial charge in [-0.1, -0.05) is 97.1 Å². The number of fused-ring (bicyclic) bond motifs is 6. The second-order valence-corrected chi connectivity index (χ2v) is 15.0. The number of hydrogen-bond acceptors (Lipinski definition) is 4. The summed E-state index contributed by atoms with van der Waals surface area (Å²) in [6, 6.07) is 39.1. The summed E-state index contributed by atoms with van der Waals surface area (Å²) in [6.07, 6.45) is 9.33. The average Bonchev–Trinajstić information content (AvgIpc) is 3.70. The Morgan fingerprint density at radius 1 is 0.521 bits per heavy atom. The fourth-order valence-corrected chi connectivity index (χ4v) is 10.5. The van der Waals surface area contributed by atoms with Crippen LogP contribution in [0.15, 0.2) is 114 Å². The Hall–Kier alpha value is -5.09. The molecule has 4 saturated carbocycles. The lowest BCUT2D eigenvalue weighted by molar-refractivity contribution is -0.00518. The largest absolute Gasteiger partial charge is 0.455 e. The van der Waals surface area contributed by atoms with Crippen molar-refractivity contribution in [2.45, 2.75) is 50.4 Å². The summed E-state index contributed by atoms with van der Waals surface area (Å²) in [5.74, 6) is 4.81. The highest BCUT2D eigenvalue weighted by atomic mass is 16.3. The Morgan fingerprint density at radius 3 is 1.94 bits per heavy atom. The third-order valence-electron chi connectivity index (χ3n) is 12.2. The third-order valence-corrected chi connectivity index (χ3v) is 12.2. The highest BCUT2D eigenvalue weighted by molar-refractivity contribution is 6.09. The van der Waals surface area contributed by atoms with E-state index in [1.807, 2.05) is 12.1 Å². The summed E-state index contributed by atoms with van der Waals surface area (Å²) in [5.41, 5.74) is 11.7. The second kappa shape index (κ2) is 9.96. The zero-order chi connectivity index (χ0) is 31.4. The van der Waals surface area contributed by atoms with Crippen LogP contribution in [0, 0.1) is 17.8 Å². The maximum Gasteiger partial charge on any atom is 0.167 e. The number of furan rings is 1. The first-order valence-electron chi connectivity index (χ1n) is 17.7. The van der Waals surface area contributed by atoms with Gasteiger partial charge in [0.1, 0.15) is 11.2 Å². The molecule has 0 atom stereocenters. The number of rotatable bonds is 4. The van der Waals surface area contributed by atoms with E-state index < -0.39 is 0 Å². The van der Waals surface area contributed by atoms with Gasteiger partial charge < -0.3 is 4.42 Å². The van der Waals surface area contributed by atoms with Gasteiger partial charge in [0.25, 0.3) is 0 Å². The van der Waals surface area contributed by atoms with Gasteiger partial charge >= 0.3 is 0 Å². The summed E-state index contributed by atoms with van der Waals surface area (Å²) in [5, 5.41) is 2.17. The first-order chi connectivity index (χ1) is 23.7. The van der Waals surface area contributed by atoms with Crippen LogP contribution in [0.2, 0.25) is 0 Å². The molecule has 0 unspecified atom stereocenters. The van der Waals surface area contributed by atoms with Gasteiger partial charge in [0.15, 0.2) is 17.5 Å². The topological polar surface area (TPSA) is 51.8 Å². The lowest BCUT2D eigenvalue weighted by Crippen LogP contribution is -2.48. The Bertz CT molecular complexity index is 2380. The van der Waals surface area contributed by atoms with Crippen LogP contribution in [0.3, 0.4) is 0 Å². The molecule has 12 rings (SSSR count). The molecule has 2 aromatic heterocycles. The summed E-state index contributed by atoms with van der Waals surface area (Å²) in [6.45, 7) is 0. The third kappa shape index (κ3) is 3.98. The van der Waals surface area contributed by atoms with E-state index in [1.165, 1.54) is 66.3 Å². The molecule has 232 valence electrons. The molecule has 4 heteroatoms. The molecule has 0 amide bonds. The molecule has 5 aromatic carbocycles. The van der Waals surface area contributed by atoms with Gasteiger partial charge in [-0.2, -0.15) is 0 Å². The zero-order valence-electron chi connectivity index (χ0n) is 26.8. The maximum absolute atomic E-state index is 6.48. The van der Waals surface area contributed by atoms with E-state index in [0.717, 1.165) is 62.8 Å². The van der Waals surface area contributed by atoms with E-state index in [9.17, 15) is 0 Å². The molecule has 5 aliphatic carbocycles. The molecule has 2 heterocycles. The molecule has 0 aliphatic heterocycles. The minimum absolute atomic E-state index is 0.360. The standard InChI is InChI=1S/C44H35N3O/c1-2-8-32-30(7-1)22-38-33(32)10-5-12-36(38)42-45-41(29-15-17-31(18-16-29)44-23-26-19-27(24-44)21-28(20-26)25-44)46-43(47-42)37-13-6-11-35-34-9-3-4-14-39(34)48-40(35)37/h1-18,26-28H,19-25H2. The van der Waals surface area contributed by atoms with E-state index >= 15 is 0 Å². The first-order valence-corrected chi connectivity index (χ1v) is 17.7. The quantitative estimate of drug-likeness (QED) is 0.196. The summed E-state index contributed by atoms with van der Waals surface area (Å²) in [7, 11) is 0. The average molecular weight is 622 g/mol. The van der Waals surface area contributed by atoms with Crippen molar-refractivity contribution >= 4 is 21.9 Å². The molecule has 0 N–H and O–H groups in total. The van der Waals surface area contributed by atoms with E-state index in [-0.39, 0.29) is 0 Å². The Balaban J connectivity index is 1.07. The predicted molar refractivity (Wildman–Crippen MR) is 192 cm³/mol. The molecule has 4 nitrogen and oxygen atoms in total. The van der Waals surface area contributed by atoms with Gasteiger partial charge in [-0.05, 0) is 108 Å². The van der Waals surface area contributed by atoms with Gasteiger partial charge in [0.05, 0.1) is 5.56 Å². The number of aromatic nitrogens is 3. The summed E-state index contributed by atoms with van der Waals surface area (Å²) in [4.78, 5) is 15.6. The number of para-hydroxylation sites is 2. The summed E-state index contributed by atoms with van der Waals surface area (Å²) >= 11 is 0. The lowest BCUT2D eigenvalue weighted by Gasteiger charge is -2.57. The Morgan fingerprint density at radius 2 is 1.12 bits per heavy atom. The molecule has 7 aromatic rings. The minimum atomic E-state index is 0.360. The van der Waals surface area contributed by atoms with E-state index in [4.69, 9.17) is 19.4 Å². The van der Waals surface area contributed by atoms with Crippen molar-refractivity contribution < 1.29 is 4.42 Å².